The number of hydrogen-bond donors (Lipinski definition) is 1. The molecule has 0 rings (SSSR count). The van der Waals surface area contributed by atoms with Crippen molar-refractivity contribution in [3.8, 4) is 0 Å². The quantitative estimate of drug-likeness (QED) is 0.282. The maximum absolute atomic E-state index is 5.09. The van der Waals surface area contributed by atoms with Crippen molar-refractivity contribution in [2.75, 3.05) is 13.3 Å². The van der Waals surface area contributed by atoms with Crippen molar-refractivity contribution < 1.29 is 0 Å². The van der Waals surface area contributed by atoms with Gasteiger partial charge in [-0.1, -0.05) is 11.9 Å². The van der Waals surface area contributed by atoms with Crippen LogP contribution < -0.4 is 5.84 Å². The minimum absolute atomic E-state index is 1.49. The average molecular weight is 92.2 g/mol. The molecule has 0 aliphatic rings. The summed E-state index contributed by atoms with van der Waals surface area (Å²) in [7, 11) is 1.80. The molecule has 0 aliphatic carbocycles. The lowest BCUT2D eigenvalue weighted by Gasteiger charge is -1.98. The van der Waals surface area contributed by atoms with Crippen LogP contribution in [0.3, 0.4) is 0 Å². The van der Waals surface area contributed by atoms with E-state index in [0.29, 0.717) is 0 Å². The monoisotopic (exact) mass is 92.0 g/mol. The molecule has 5 heavy (non-hydrogen) atoms. The molecule has 0 saturated heterocycles. The number of hydrogen-bond acceptors (Lipinski definition) is 3. The molecule has 0 aromatic carbocycles. The van der Waals surface area contributed by atoms with Gasteiger partial charge in [0.1, 0.15) is 0 Å². The Hall–Kier alpha value is 0.270. The summed E-state index contributed by atoms with van der Waals surface area (Å²) in [5, 5.41) is 0. The highest BCUT2D eigenvalue weighted by molar-refractivity contribution is 7.96. The van der Waals surface area contributed by atoms with Crippen molar-refractivity contribution in [3.63, 3.8) is 0 Å². The second-order valence-corrected chi connectivity index (χ2v) is 1.67. The van der Waals surface area contributed by atoms with E-state index in [2.05, 4.69) is 0 Å². The van der Waals surface area contributed by atoms with E-state index in [-0.39, 0.29) is 0 Å². The summed E-state index contributed by atoms with van der Waals surface area (Å²) in [6, 6.07) is 0. The first-order valence-corrected chi connectivity index (χ1v) is 2.48. The lowest BCUT2D eigenvalue weighted by molar-refractivity contribution is 0.613. The third kappa shape index (κ3) is 4.27. The molecular formula is C2H8N2S. The zero-order chi connectivity index (χ0) is 4.28. The first kappa shape index (κ1) is 5.27. The second-order valence-electron chi connectivity index (χ2n) is 0.729. The Morgan fingerprint density at radius 1 is 1.80 bits per heavy atom. The largest absolute Gasteiger partial charge is 0.259 e. The predicted octanol–water partition coefficient (Wildman–Crippen LogP) is 0.0699. The Morgan fingerprint density at radius 2 is 2.00 bits per heavy atom. The van der Waals surface area contributed by atoms with Gasteiger partial charge in [-0.15, -0.1) is 0 Å². The van der Waals surface area contributed by atoms with Crippen molar-refractivity contribution in [3.05, 3.63) is 0 Å². The van der Waals surface area contributed by atoms with Gasteiger partial charge >= 0.3 is 0 Å². The molecule has 0 amide bonds. The molecule has 2 nitrogen and oxygen atoms in total. The number of hydrazine groups is 1. The maximum atomic E-state index is 5.09. The third-order valence-electron chi connectivity index (χ3n) is 0.288. The fourth-order valence-electron chi connectivity index (χ4n) is 0. The number of nitrogens with two attached hydrogens (primary N) is 1. The minimum atomic E-state index is 1.49. The van der Waals surface area contributed by atoms with E-state index in [9.17, 15) is 0 Å². The lowest BCUT2D eigenvalue weighted by Crippen LogP contribution is -2.15. The van der Waals surface area contributed by atoms with Crippen LogP contribution in [0.1, 0.15) is 0 Å². The maximum Gasteiger partial charge on any atom is 0.0128 e. The van der Waals surface area contributed by atoms with Gasteiger partial charge in [0.2, 0.25) is 0 Å². The highest BCUT2D eigenvalue weighted by Crippen LogP contribution is 1.87. The van der Waals surface area contributed by atoms with Gasteiger partial charge in [0.15, 0.2) is 0 Å². The normalized spacial score (nSPS) is 9.60. The van der Waals surface area contributed by atoms with Crippen LogP contribution in [-0.2, 0) is 0 Å². The van der Waals surface area contributed by atoms with Gasteiger partial charge < -0.3 is 0 Å². The summed E-state index contributed by atoms with van der Waals surface area (Å²) in [5.74, 6) is 5.09. The van der Waals surface area contributed by atoms with Crippen LogP contribution in [0, 0.1) is 0 Å². The van der Waals surface area contributed by atoms with Gasteiger partial charge in [-0.3, -0.25) is 5.84 Å². The molecule has 3 heteroatoms. The molecule has 0 aromatic rings. The van der Waals surface area contributed by atoms with E-state index in [1.54, 1.807) is 11.5 Å². The Morgan fingerprint density at radius 3 is 2.00 bits per heavy atom. The van der Waals surface area contributed by atoms with Gasteiger partial charge in [-0.05, 0) is 6.26 Å². The van der Waals surface area contributed by atoms with E-state index in [4.69, 9.17) is 5.84 Å². The molecule has 0 saturated carbocycles. The summed E-state index contributed by atoms with van der Waals surface area (Å²) in [6.07, 6.45) is 1.92. The van der Waals surface area contributed by atoms with Crippen molar-refractivity contribution in [1.82, 2.24) is 4.41 Å². The van der Waals surface area contributed by atoms with Crippen LogP contribution in [0.4, 0.5) is 0 Å². The second kappa shape index (κ2) is 2.50. The van der Waals surface area contributed by atoms with E-state index >= 15 is 0 Å². The number of rotatable bonds is 1. The first-order chi connectivity index (χ1) is 2.27. The molecule has 0 heterocycles. The Kier molecular flexibility index (Phi) is 2.64. The molecular weight excluding hydrogens is 84.1 g/mol. The molecule has 0 atom stereocenters. The zero-order valence-electron chi connectivity index (χ0n) is 3.43. The first-order valence-electron chi connectivity index (χ1n) is 1.30. The van der Waals surface area contributed by atoms with Crippen LogP contribution in [0.15, 0.2) is 0 Å². The summed E-state index contributed by atoms with van der Waals surface area (Å²) < 4.78 is 1.54. The fraction of sp³-hybridized carbons (Fsp3) is 1.00. The van der Waals surface area contributed by atoms with E-state index in [1.165, 1.54) is 11.9 Å². The molecule has 0 unspecified atom stereocenters. The SMILES string of the molecule is CSN(C)N. The molecule has 0 radical (unpaired) electrons. The summed E-state index contributed by atoms with van der Waals surface area (Å²) in [4.78, 5) is 0. The Bertz CT molecular complexity index is 21.6. The van der Waals surface area contributed by atoms with E-state index in [0.717, 1.165) is 0 Å². The molecule has 0 spiro atoms. The fourth-order valence-corrected chi connectivity index (χ4v) is 0. The Balaban J connectivity index is 2.54. The summed E-state index contributed by atoms with van der Waals surface area (Å²) >= 11 is 1.49. The van der Waals surface area contributed by atoms with Crippen molar-refractivity contribution in [2.24, 2.45) is 5.84 Å². The smallest absolute Gasteiger partial charge is 0.0128 e. The van der Waals surface area contributed by atoms with E-state index < -0.39 is 0 Å². The molecule has 0 aliphatic heterocycles. The summed E-state index contributed by atoms with van der Waals surface area (Å²) in [5.41, 5.74) is 0. The predicted molar refractivity (Wildman–Crippen MR) is 25.5 cm³/mol. The van der Waals surface area contributed by atoms with Crippen LogP contribution in [0.2, 0.25) is 0 Å². The van der Waals surface area contributed by atoms with Crippen molar-refractivity contribution in [1.29, 1.82) is 0 Å². The standard InChI is InChI=1S/C2H8N2S/c1-4(3)5-2/h3H2,1-2H3. The topological polar surface area (TPSA) is 29.3 Å². The zero-order valence-corrected chi connectivity index (χ0v) is 4.25. The average Bonchev–Trinajstić information content (AvgIpc) is 1.38. The Labute approximate surface area is 36.4 Å². The van der Waals surface area contributed by atoms with Crippen molar-refractivity contribution >= 4 is 11.9 Å². The van der Waals surface area contributed by atoms with Gasteiger partial charge in [0.05, 0.1) is 0 Å². The van der Waals surface area contributed by atoms with Gasteiger partial charge in [0.25, 0.3) is 0 Å². The minimum Gasteiger partial charge on any atom is -0.259 e. The lowest BCUT2D eigenvalue weighted by atomic mass is 11.5. The molecule has 0 aromatic heterocycles. The van der Waals surface area contributed by atoms with E-state index in [1.807, 2.05) is 6.26 Å². The summed E-state index contributed by atoms with van der Waals surface area (Å²) in [6.45, 7) is 0. The number of nitrogens with zero attached hydrogens (tertiary/aromatic N) is 1. The van der Waals surface area contributed by atoms with Gasteiger partial charge in [-0.2, -0.15) is 4.41 Å². The molecule has 0 bridgehead atoms. The molecule has 32 valence electrons. The van der Waals surface area contributed by atoms with Gasteiger partial charge in [-0.25, -0.2) is 0 Å². The molecule has 0 fully saturated rings. The van der Waals surface area contributed by atoms with Crippen LogP contribution >= 0.6 is 11.9 Å². The van der Waals surface area contributed by atoms with Crippen LogP contribution in [-0.4, -0.2) is 17.7 Å². The van der Waals surface area contributed by atoms with Crippen LogP contribution in [0.25, 0.3) is 0 Å². The highest BCUT2D eigenvalue weighted by atomic mass is 32.2. The third-order valence-corrected chi connectivity index (χ3v) is 0.864. The van der Waals surface area contributed by atoms with Gasteiger partial charge in [0, 0.05) is 7.05 Å². The highest BCUT2D eigenvalue weighted by Gasteiger charge is 1.72. The molecule has 2 N–H and O–H groups in total. The van der Waals surface area contributed by atoms with Crippen LogP contribution in [0.5, 0.6) is 0 Å². The van der Waals surface area contributed by atoms with Crippen molar-refractivity contribution in [2.45, 2.75) is 0 Å².